The average molecular weight is 194 g/mol. The lowest BCUT2D eigenvalue weighted by Crippen LogP contribution is -2.33. The predicted octanol–water partition coefficient (Wildman–Crippen LogP) is -0.0304. The summed E-state index contributed by atoms with van der Waals surface area (Å²) in [6, 6.07) is 0.0277. The van der Waals surface area contributed by atoms with Crippen molar-refractivity contribution in [2.45, 2.75) is 19.9 Å². The molecule has 0 saturated heterocycles. The first-order valence-corrected chi connectivity index (χ1v) is 4.26. The van der Waals surface area contributed by atoms with Crippen molar-refractivity contribution in [1.82, 2.24) is 9.97 Å². The summed E-state index contributed by atoms with van der Waals surface area (Å²) >= 11 is 0. The van der Waals surface area contributed by atoms with Crippen LogP contribution < -0.4 is 16.6 Å². The van der Waals surface area contributed by atoms with Gasteiger partial charge in [-0.2, -0.15) is 0 Å². The molecule has 74 valence electrons. The molecule has 2 rings (SSSR count). The van der Waals surface area contributed by atoms with Crippen molar-refractivity contribution in [3.63, 3.8) is 0 Å². The average Bonchev–Trinajstić information content (AvgIpc) is 2.08. The summed E-state index contributed by atoms with van der Waals surface area (Å²) < 4.78 is 0. The molecule has 14 heavy (non-hydrogen) atoms. The minimum Gasteiger partial charge on any atom is -0.362 e. The van der Waals surface area contributed by atoms with E-state index in [2.05, 4.69) is 20.3 Å². The molecule has 1 aromatic rings. The second-order valence-electron chi connectivity index (χ2n) is 3.25. The topological polar surface area (TPSA) is 90.1 Å². The Morgan fingerprint density at radius 1 is 1.29 bits per heavy atom. The van der Waals surface area contributed by atoms with E-state index in [0.717, 1.165) is 5.71 Å². The van der Waals surface area contributed by atoms with Gasteiger partial charge in [0.1, 0.15) is 5.82 Å². The van der Waals surface area contributed by atoms with Crippen LogP contribution >= 0.6 is 0 Å². The quantitative estimate of drug-likeness (QED) is 0.541. The Hall–Kier alpha value is -1.85. The van der Waals surface area contributed by atoms with Gasteiger partial charge in [0, 0.05) is 5.71 Å². The van der Waals surface area contributed by atoms with Gasteiger partial charge in [-0.05, 0) is 13.8 Å². The highest BCUT2D eigenvalue weighted by atomic mass is 16.2. The van der Waals surface area contributed by atoms with Crippen LogP contribution in [0.1, 0.15) is 13.8 Å². The first kappa shape index (κ1) is 8.74. The van der Waals surface area contributed by atoms with Gasteiger partial charge in [-0.15, -0.1) is 0 Å². The van der Waals surface area contributed by atoms with Gasteiger partial charge in [0.25, 0.3) is 5.56 Å². The first-order valence-electron chi connectivity index (χ1n) is 4.26. The number of aromatic nitrogens is 2. The van der Waals surface area contributed by atoms with Gasteiger partial charge in [0.15, 0.2) is 5.69 Å². The Labute approximate surface area is 79.1 Å². The number of nitrogens with zero attached hydrogens (tertiary/aromatic N) is 1. The summed E-state index contributed by atoms with van der Waals surface area (Å²) in [5.74, 6) is 0.386. The maximum absolute atomic E-state index is 11.3. The third-order valence-electron chi connectivity index (χ3n) is 2.19. The summed E-state index contributed by atoms with van der Waals surface area (Å²) in [5.41, 5.74) is 0.0564. The fourth-order valence-electron chi connectivity index (χ4n) is 1.29. The number of nitrogens with one attached hydrogen (secondary N) is 3. The number of aromatic amines is 2. The molecule has 1 aromatic heterocycles. The zero-order valence-electron chi connectivity index (χ0n) is 7.84. The molecule has 6 heteroatoms. The van der Waals surface area contributed by atoms with Crippen LogP contribution in [-0.2, 0) is 0 Å². The molecule has 0 saturated carbocycles. The van der Waals surface area contributed by atoms with Gasteiger partial charge in [0.2, 0.25) is 0 Å². The molecule has 1 aliphatic rings. The highest BCUT2D eigenvalue weighted by Crippen LogP contribution is 2.21. The van der Waals surface area contributed by atoms with Crippen molar-refractivity contribution in [2.75, 3.05) is 5.32 Å². The van der Waals surface area contributed by atoms with Gasteiger partial charge in [0.05, 0.1) is 6.04 Å². The molecule has 0 aromatic carbocycles. The van der Waals surface area contributed by atoms with Crippen molar-refractivity contribution in [3.05, 3.63) is 20.8 Å². The SMILES string of the molecule is CC1=Nc2c([nH]c(=O)[nH]c2=O)NC1C. The molecule has 1 atom stereocenters. The minimum atomic E-state index is -0.525. The highest BCUT2D eigenvalue weighted by molar-refractivity contribution is 5.95. The molecule has 3 N–H and O–H groups in total. The first-order chi connectivity index (χ1) is 6.58. The van der Waals surface area contributed by atoms with Gasteiger partial charge in [-0.1, -0.05) is 0 Å². The van der Waals surface area contributed by atoms with Gasteiger partial charge >= 0.3 is 5.69 Å². The van der Waals surface area contributed by atoms with Crippen molar-refractivity contribution in [3.8, 4) is 0 Å². The van der Waals surface area contributed by atoms with E-state index in [1.807, 2.05) is 13.8 Å². The van der Waals surface area contributed by atoms with Crippen molar-refractivity contribution < 1.29 is 0 Å². The third kappa shape index (κ3) is 1.24. The van der Waals surface area contributed by atoms with Gasteiger partial charge in [-0.3, -0.25) is 14.8 Å². The lowest BCUT2D eigenvalue weighted by molar-refractivity contribution is 0.950. The zero-order chi connectivity index (χ0) is 10.3. The lowest BCUT2D eigenvalue weighted by Gasteiger charge is -2.20. The maximum Gasteiger partial charge on any atom is 0.327 e. The molecule has 0 bridgehead atoms. The largest absolute Gasteiger partial charge is 0.362 e. The summed E-state index contributed by atoms with van der Waals surface area (Å²) in [4.78, 5) is 31.0. The van der Waals surface area contributed by atoms with Crippen molar-refractivity contribution in [1.29, 1.82) is 0 Å². The molecule has 0 spiro atoms. The van der Waals surface area contributed by atoms with Crippen LogP contribution in [0.25, 0.3) is 0 Å². The molecule has 0 fully saturated rings. The Morgan fingerprint density at radius 3 is 2.71 bits per heavy atom. The number of aliphatic imine (C=N–C) groups is 1. The molecule has 2 heterocycles. The lowest BCUT2D eigenvalue weighted by atomic mass is 10.2. The fraction of sp³-hybridized carbons (Fsp3) is 0.375. The van der Waals surface area contributed by atoms with Crippen molar-refractivity contribution >= 4 is 17.2 Å². The summed E-state index contributed by atoms with van der Waals surface area (Å²) in [6.45, 7) is 3.73. The van der Waals surface area contributed by atoms with Crippen LogP contribution in [-0.4, -0.2) is 21.7 Å². The Morgan fingerprint density at radius 2 is 2.00 bits per heavy atom. The van der Waals surface area contributed by atoms with Gasteiger partial charge in [-0.25, -0.2) is 9.79 Å². The van der Waals surface area contributed by atoms with E-state index >= 15 is 0 Å². The van der Waals surface area contributed by atoms with Crippen LogP contribution in [0.4, 0.5) is 11.5 Å². The van der Waals surface area contributed by atoms with Gasteiger partial charge < -0.3 is 5.32 Å². The number of hydrogen-bond donors (Lipinski definition) is 3. The monoisotopic (exact) mass is 194 g/mol. The van der Waals surface area contributed by atoms with E-state index in [1.165, 1.54) is 0 Å². The predicted molar refractivity (Wildman–Crippen MR) is 53.5 cm³/mol. The van der Waals surface area contributed by atoms with E-state index in [1.54, 1.807) is 0 Å². The van der Waals surface area contributed by atoms with E-state index in [0.29, 0.717) is 5.82 Å². The molecule has 1 unspecified atom stereocenters. The minimum absolute atomic E-state index is 0.0277. The maximum atomic E-state index is 11.3. The van der Waals surface area contributed by atoms with Crippen LogP contribution in [0.2, 0.25) is 0 Å². The Kier molecular flexibility index (Phi) is 1.77. The van der Waals surface area contributed by atoms with E-state index in [-0.39, 0.29) is 11.7 Å². The molecule has 6 nitrogen and oxygen atoms in total. The van der Waals surface area contributed by atoms with Crippen LogP contribution in [0, 0.1) is 0 Å². The smallest absolute Gasteiger partial charge is 0.327 e. The number of anilines is 1. The molecule has 0 radical (unpaired) electrons. The highest BCUT2D eigenvalue weighted by Gasteiger charge is 2.18. The normalized spacial score (nSPS) is 19.6. The fourth-order valence-corrected chi connectivity index (χ4v) is 1.29. The molecular formula is C8H10N4O2. The molecule has 0 amide bonds. The van der Waals surface area contributed by atoms with Crippen molar-refractivity contribution in [2.24, 2.45) is 4.99 Å². The molecule has 0 aliphatic carbocycles. The van der Waals surface area contributed by atoms with E-state index in [9.17, 15) is 9.59 Å². The van der Waals surface area contributed by atoms with E-state index in [4.69, 9.17) is 0 Å². The standard InChI is InChI=1S/C8H10N4O2/c1-3-4(2)10-6-5(9-3)7(13)12-8(14)11-6/h4H,1-2H3,(H3,10,11,12,13,14). The van der Waals surface area contributed by atoms with Crippen LogP contribution in [0.15, 0.2) is 14.6 Å². The summed E-state index contributed by atoms with van der Waals surface area (Å²) in [7, 11) is 0. The molecular weight excluding hydrogens is 184 g/mol. The summed E-state index contributed by atoms with van der Waals surface area (Å²) in [6.07, 6.45) is 0. The Balaban J connectivity index is 2.72. The summed E-state index contributed by atoms with van der Waals surface area (Å²) in [5, 5.41) is 2.98. The number of rotatable bonds is 0. The molecule has 1 aliphatic heterocycles. The Bertz CT molecular complexity index is 511. The third-order valence-corrected chi connectivity index (χ3v) is 2.19. The van der Waals surface area contributed by atoms with Crippen LogP contribution in [0.5, 0.6) is 0 Å². The second kappa shape index (κ2) is 2.83. The number of fused-ring (bicyclic) bond motifs is 1. The zero-order valence-corrected chi connectivity index (χ0v) is 7.84. The second-order valence-corrected chi connectivity index (χ2v) is 3.25. The van der Waals surface area contributed by atoms with Crippen LogP contribution in [0.3, 0.4) is 0 Å². The van der Waals surface area contributed by atoms with E-state index < -0.39 is 11.2 Å². The number of H-pyrrole nitrogens is 2. The number of hydrogen-bond acceptors (Lipinski definition) is 4.